The minimum absolute atomic E-state index is 0.119. The Morgan fingerprint density at radius 2 is 1.57 bits per heavy atom. The number of piperidine rings is 1. The first-order valence-electron chi connectivity index (χ1n) is 14.0. The van der Waals surface area contributed by atoms with Crippen LogP contribution < -0.4 is 4.74 Å². The molecule has 1 saturated heterocycles. The molecule has 0 aromatic heterocycles. The van der Waals surface area contributed by atoms with Gasteiger partial charge in [0.15, 0.2) is 0 Å². The molecular weight excluding hydrogens is 456 g/mol. The van der Waals surface area contributed by atoms with Gasteiger partial charge in [-0.05, 0) is 67.3 Å². The third-order valence-electron chi connectivity index (χ3n) is 8.43. The number of amides is 1. The van der Waals surface area contributed by atoms with Crippen molar-refractivity contribution in [3.8, 4) is 5.75 Å². The SMILES string of the molecule is COc1cccc(C(=O)N(CCc2ccccc2)C2CCN([C@@H]3CCCC[C@@H]3c3ccccc3)CC2)c1. The van der Waals surface area contributed by atoms with Crippen molar-refractivity contribution in [3.63, 3.8) is 0 Å². The van der Waals surface area contributed by atoms with Crippen molar-refractivity contribution in [1.82, 2.24) is 9.80 Å². The number of ether oxygens (including phenoxy) is 1. The monoisotopic (exact) mass is 496 g/mol. The molecule has 37 heavy (non-hydrogen) atoms. The number of methoxy groups -OCH3 is 1. The average molecular weight is 497 g/mol. The molecule has 1 heterocycles. The van der Waals surface area contributed by atoms with E-state index in [2.05, 4.69) is 64.4 Å². The topological polar surface area (TPSA) is 32.8 Å². The first-order chi connectivity index (χ1) is 18.2. The summed E-state index contributed by atoms with van der Waals surface area (Å²) in [6, 6.07) is 30.1. The molecule has 3 aromatic carbocycles. The van der Waals surface area contributed by atoms with Crippen LogP contribution in [0.15, 0.2) is 84.9 Å². The molecule has 1 saturated carbocycles. The molecule has 3 aromatic rings. The van der Waals surface area contributed by atoms with Gasteiger partial charge in [-0.2, -0.15) is 0 Å². The molecule has 1 amide bonds. The van der Waals surface area contributed by atoms with Gasteiger partial charge >= 0.3 is 0 Å². The Kier molecular flexibility index (Phi) is 8.57. The van der Waals surface area contributed by atoms with E-state index in [1.165, 1.54) is 36.8 Å². The molecule has 2 aliphatic rings. The highest BCUT2D eigenvalue weighted by Gasteiger charge is 2.35. The van der Waals surface area contributed by atoms with E-state index >= 15 is 0 Å². The Hall–Kier alpha value is -3.11. The number of carbonyl (C=O) groups excluding carboxylic acids is 1. The van der Waals surface area contributed by atoms with Gasteiger partial charge in [0.2, 0.25) is 0 Å². The van der Waals surface area contributed by atoms with E-state index in [-0.39, 0.29) is 11.9 Å². The first-order valence-corrected chi connectivity index (χ1v) is 14.0. The van der Waals surface area contributed by atoms with Crippen molar-refractivity contribution < 1.29 is 9.53 Å². The standard InChI is InChI=1S/C33H40N2O2/c1-37-30-16-10-15-28(25-30)33(36)35(24-19-26-11-4-2-5-12-26)29-20-22-34(23-21-29)32-18-9-8-17-31(32)27-13-6-3-7-14-27/h2-7,10-16,25,29,31-32H,8-9,17-24H2,1H3/t31-,32-/m1/s1. The molecule has 0 unspecified atom stereocenters. The zero-order valence-corrected chi connectivity index (χ0v) is 22.1. The van der Waals surface area contributed by atoms with Gasteiger partial charge in [0, 0.05) is 37.3 Å². The fourth-order valence-corrected chi connectivity index (χ4v) is 6.43. The summed E-state index contributed by atoms with van der Waals surface area (Å²) in [5.74, 6) is 1.47. The van der Waals surface area contributed by atoms with E-state index in [0.717, 1.165) is 44.6 Å². The van der Waals surface area contributed by atoms with E-state index in [4.69, 9.17) is 4.74 Å². The maximum Gasteiger partial charge on any atom is 0.254 e. The molecule has 2 fully saturated rings. The fraction of sp³-hybridized carbons (Fsp3) is 0.424. The lowest BCUT2D eigenvalue weighted by Crippen LogP contribution is -2.52. The van der Waals surface area contributed by atoms with Crippen molar-refractivity contribution in [2.45, 2.75) is 62.9 Å². The molecule has 2 atom stereocenters. The van der Waals surface area contributed by atoms with Gasteiger partial charge < -0.3 is 9.64 Å². The minimum Gasteiger partial charge on any atom is -0.497 e. The van der Waals surface area contributed by atoms with Crippen LogP contribution in [-0.4, -0.2) is 54.5 Å². The molecule has 0 N–H and O–H groups in total. The number of rotatable bonds is 8. The van der Waals surface area contributed by atoms with Crippen LogP contribution in [0.25, 0.3) is 0 Å². The molecule has 0 radical (unpaired) electrons. The summed E-state index contributed by atoms with van der Waals surface area (Å²) in [6.45, 7) is 2.86. The lowest BCUT2D eigenvalue weighted by Gasteiger charge is -2.45. The second-order valence-corrected chi connectivity index (χ2v) is 10.6. The van der Waals surface area contributed by atoms with Gasteiger partial charge in [0.05, 0.1) is 7.11 Å². The van der Waals surface area contributed by atoms with Crippen molar-refractivity contribution >= 4 is 5.91 Å². The predicted molar refractivity (Wildman–Crippen MR) is 150 cm³/mol. The normalized spacial score (nSPS) is 20.9. The summed E-state index contributed by atoms with van der Waals surface area (Å²) < 4.78 is 5.41. The zero-order valence-electron chi connectivity index (χ0n) is 22.1. The van der Waals surface area contributed by atoms with Gasteiger partial charge in [0.25, 0.3) is 5.91 Å². The Labute approximate surface area is 222 Å². The summed E-state index contributed by atoms with van der Waals surface area (Å²) in [5.41, 5.74) is 3.48. The summed E-state index contributed by atoms with van der Waals surface area (Å²) in [4.78, 5) is 18.7. The number of hydrogen-bond donors (Lipinski definition) is 0. The number of nitrogens with zero attached hydrogens (tertiary/aromatic N) is 2. The van der Waals surface area contributed by atoms with E-state index in [9.17, 15) is 4.79 Å². The van der Waals surface area contributed by atoms with Gasteiger partial charge in [-0.1, -0.05) is 79.6 Å². The zero-order chi connectivity index (χ0) is 25.5. The van der Waals surface area contributed by atoms with Crippen LogP contribution in [0.1, 0.15) is 65.9 Å². The van der Waals surface area contributed by atoms with Crippen molar-refractivity contribution in [2.24, 2.45) is 0 Å². The number of benzene rings is 3. The summed E-state index contributed by atoms with van der Waals surface area (Å²) in [5, 5.41) is 0. The van der Waals surface area contributed by atoms with E-state index in [1.54, 1.807) is 7.11 Å². The molecule has 4 heteroatoms. The highest BCUT2D eigenvalue weighted by atomic mass is 16.5. The van der Waals surface area contributed by atoms with Crippen LogP contribution >= 0.6 is 0 Å². The first kappa shape index (κ1) is 25.5. The third-order valence-corrected chi connectivity index (χ3v) is 8.43. The largest absolute Gasteiger partial charge is 0.497 e. The van der Waals surface area contributed by atoms with Crippen LogP contribution in [0.5, 0.6) is 5.75 Å². The highest BCUT2D eigenvalue weighted by molar-refractivity contribution is 5.94. The molecule has 5 rings (SSSR count). The second-order valence-electron chi connectivity index (χ2n) is 10.6. The Balaban J connectivity index is 1.30. The van der Waals surface area contributed by atoms with Gasteiger partial charge in [0.1, 0.15) is 5.75 Å². The maximum absolute atomic E-state index is 13.8. The number of hydrogen-bond acceptors (Lipinski definition) is 3. The van der Waals surface area contributed by atoms with Crippen LogP contribution in [0, 0.1) is 0 Å². The highest BCUT2D eigenvalue weighted by Crippen LogP contribution is 2.37. The predicted octanol–water partition coefficient (Wildman–Crippen LogP) is 6.57. The van der Waals surface area contributed by atoms with E-state index in [0.29, 0.717) is 17.5 Å². The Morgan fingerprint density at radius 1 is 0.865 bits per heavy atom. The van der Waals surface area contributed by atoms with Gasteiger partial charge in [-0.3, -0.25) is 9.69 Å². The smallest absolute Gasteiger partial charge is 0.254 e. The number of carbonyl (C=O) groups is 1. The van der Waals surface area contributed by atoms with Crippen molar-refractivity contribution in [2.75, 3.05) is 26.7 Å². The van der Waals surface area contributed by atoms with Crippen LogP contribution in [0.4, 0.5) is 0 Å². The lowest BCUT2D eigenvalue weighted by molar-refractivity contribution is 0.0457. The van der Waals surface area contributed by atoms with Crippen LogP contribution in [0.3, 0.4) is 0 Å². The summed E-state index contributed by atoms with van der Waals surface area (Å²) in [7, 11) is 1.65. The number of likely N-dealkylation sites (tertiary alicyclic amines) is 1. The summed E-state index contributed by atoms with van der Waals surface area (Å²) >= 11 is 0. The molecule has 1 aliphatic carbocycles. The van der Waals surface area contributed by atoms with Crippen molar-refractivity contribution in [3.05, 3.63) is 102 Å². The van der Waals surface area contributed by atoms with E-state index in [1.807, 2.05) is 30.3 Å². The minimum atomic E-state index is 0.119. The molecule has 4 nitrogen and oxygen atoms in total. The van der Waals surface area contributed by atoms with Crippen LogP contribution in [0.2, 0.25) is 0 Å². The van der Waals surface area contributed by atoms with Gasteiger partial charge in [-0.15, -0.1) is 0 Å². The van der Waals surface area contributed by atoms with Crippen LogP contribution in [-0.2, 0) is 6.42 Å². The summed E-state index contributed by atoms with van der Waals surface area (Å²) in [6.07, 6.45) is 8.15. The van der Waals surface area contributed by atoms with E-state index < -0.39 is 0 Å². The third kappa shape index (κ3) is 6.24. The average Bonchev–Trinajstić information content (AvgIpc) is 2.98. The lowest BCUT2D eigenvalue weighted by atomic mass is 9.78. The molecular formula is C33H40N2O2. The van der Waals surface area contributed by atoms with Gasteiger partial charge in [-0.25, -0.2) is 0 Å². The molecule has 194 valence electrons. The second kappa shape index (κ2) is 12.4. The molecule has 1 aliphatic heterocycles. The maximum atomic E-state index is 13.8. The fourth-order valence-electron chi connectivity index (χ4n) is 6.43. The van der Waals surface area contributed by atoms with Crippen molar-refractivity contribution in [1.29, 1.82) is 0 Å². The Morgan fingerprint density at radius 3 is 2.30 bits per heavy atom. The Bertz CT molecular complexity index is 1130. The molecule has 0 spiro atoms. The quantitative estimate of drug-likeness (QED) is 0.354. The molecule has 0 bridgehead atoms.